The van der Waals surface area contributed by atoms with Gasteiger partial charge >= 0.3 is 0 Å². The second kappa shape index (κ2) is 2.90. The number of nitrogens with two attached hydrogens (primary N) is 1. The topological polar surface area (TPSA) is 43.1 Å². The van der Waals surface area contributed by atoms with E-state index in [1.54, 1.807) is 0 Å². The quantitative estimate of drug-likeness (QED) is 0.351. The van der Waals surface area contributed by atoms with Gasteiger partial charge in [-0.1, -0.05) is 0 Å². The molecule has 0 saturated carbocycles. The number of thiol groups is 1. The summed E-state index contributed by atoms with van der Waals surface area (Å²) >= 11 is 0.549. The molecule has 0 atom stereocenters. The van der Waals surface area contributed by atoms with E-state index >= 15 is 0 Å². The van der Waals surface area contributed by atoms with Crippen LogP contribution in [0.5, 0.6) is 0 Å². The molecule has 0 aromatic heterocycles. The lowest BCUT2D eigenvalue weighted by atomic mass is 10.8. The summed E-state index contributed by atoms with van der Waals surface area (Å²) in [6.45, 7) is 0. The lowest BCUT2D eigenvalue weighted by Gasteiger charge is -1.77. The van der Waals surface area contributed by atoms with Crippen LogP contribution in [0.3, 0.4) is 0 Å². The van der Waals surface area contributed by atoms with Crippen molar-refractivity contribution in [2.24, 2.45) is 5.73 Å². The van der Waals surface area contributed by atoms with E-state index in [9.17, 15) is 4.79 Å². The molecule has 0 spiro atoms. The predicted molar refractivity (Wildman–Crippen MR) is 29.1 cm³/mol. The van der Waals surface area contributed by atoms with Crippen LogP contribution in [0, 0.1) is 0 Å². The lowest BCUT2D eigenvalue weighted by Crippen LogP contribution is -2.11. The van der Waals surface area contributed by atoms with Crippen molar-refractivity contribution in [1.82, 2.24) is 0 Å². The Kier molecular flexibility index (Phi) is 2.75. The van der Waals surface area contributed by atoms with Crippen molar-refractivity contribution in [3.8, 4) is 0 Å². The van der Waals surface area contributed by atoms with Gasteiger partial charge in [0.2, 0.25) is 5.91 Å². The van der Waals surface area contributed by atoms with E-state index < -0.39 is 0 Å². The Labute approximate surface area is 40.3 Å². The molecule has 0 unspecified atom stereocenters. The van der Waals surface area contributed by atoms with Gasteiger partial charge < -0.3 is 5.73 Å². The fourth-order valence-corrected chi connectivity index (χ4v) is 0.270. The lowest BCUT2D eigenvalue weighted by molar-refractivity contribution is -0.115. The molecule has 0 saturated heterocycles. The van der Waals surface area contributed by atoms with Crippen molar-refractivity contribution in [2.75, 3.05) is 5.75 Å². The van der Waals surface area contributed by atoms with Crippen LogP contribution in [-0.2, 0) is 4.79 Å². The van der Waals surface area contributed by atoms with Gasteiger partial charge in [-0.2, -0.15) is 11.4 Å². The van der Waals surface area contributed by atoms with Crippen LogP contribution in [-0.4, -0.2) is 17.5 Å². The summed E-state index contributed by atoms with van der Waals surface area (Å²) in [7, 11) is 0. The summed E-state index contributed by atoms with van der Waals surface area (Å²) in [6.07, 6.45) is 0. The van der Waals surface area contributed by atoms with E-state index in [-0.39, 0.29) is 11.7 Å². The predicted octanol–water partition coefficient (Wildman–Crippen LogP) is -0.754. The Morgan fingerprint density at radius 1 is 2.00 bits per heavy atom. The molecular formula is C3H6NOS. The van der Waals surface area contributed by atoms with Crippen molar-refractivity contribution in [3.05, 3.63) is 0 Å². The van der Waals surface area contributed by atoms with Crippen LogP contribution in [0.4, 0.5) is 0 Å². The highest BCUT2D eigenvalue weighted by Gasteiger charge is 1.80. The van der Waals surface area contributed by atoms with E-state index in [4.69, 9.17) is 5.87 Å². The van der Waals surface area contributed by atoms with Crippen molar-refractivity contribution < 1.29 is 4.79 Å². The fraction of sp³-hybridized carbons (Fsp3) is 0.333. The van der Waals surface area contributed by atoms with Crippen molar-refractivity contribution in [1.29, 1.82) is 0 Å². The van der Waals surface area contributed by atoms with Gasteiger partial charge in [0.25, 0.3) is 0 Å². The molecule has 3 heteroatoms. The Morgan fingerprint density at radius 2 is 2.50 bits per heavy atom. The van der Waals surface area contributed by atoms with Gasteiger partial charge in [-0.25, -0.2) is 0 Å². The van der Waals surface area contributed by atoms with E-state index in [1.807, 2.05) is 0 Å². The minimum atomic E-state index is -0.348. The fourth-order valence-electron chi connectivity index (χ4n) is 0.0900. The standard InChI is InChI=1S/C3H6NOS/c1-6-2-3(4)5/h1,6H,2H2,(H2,4,5). The van der Waals surface area contributed by atoms with Gasteiger partial charge in [-0.05, 0) is 5.87 Å². The summed E-state index contributed by atoms with van der Waals surface area (Å²) in [6, 6.07) is 0. The molecule has 0 aliphatic rings. The molecule has 2 nitrogen and oxygen atoms in total. The normalized spacial score (nSPS) is 8.00. The van der Waals surface area contributed by atoms with Gasteiger partial charge in [-0.3, -0.25) is 4.79 Å². The second-order valence-corrected chi connectivity index (χ2v) is 1.49. The maximum absolute atomic E-state index is 9.73. The summed E-state index contributed by atoms with van der Waals surface area (Å²) < 4.78 is 0. The van der Waals surface area contributed by atoms with Crippen LogP contribution in [0.2, 0.25) is 0 Å². The Bertz CT molecular complexity index is 71.2. The van der Waals surface area contributed by atoms with Gasteiger partial charge in [0.1, 0.15) is 0 Å². The zero-order valence-electron chi connectivity index (χ0n) is 3.22. The van der Waals surface area contributed by atoms with Crippen molar-refractivity contribution >= 4 is 23.1 Å². The van der Waals surface area contributed by atoms with Crippen LogP contribution >= 0.6 is 11.4 Å². The van der Waals surface area contributed by atoms with Gasteiger partial charge in [0.15, 0.2) is 0 Å². The maximum Gasteiger partial charge on any atom is 0.226 e. The highest BCUT2D eigenvalue weighted by molar-refractivity contribution is 7.97. The average Bonchev–Trinajstić information content (AvgIpc) is 1.35. The summed E-state index contributed by atoms with van der Waals surface area (Å²) in [5.41, 5.74) is 4.68. The van der Waals surface area contributed by atoms with E-state index in [1.165, 1.54) is 0 Å². The molecule has 0 heterocycles. The van der Waals surface area contributed by atoms with Gasteiger partial charge in [-0.15, -0.1) is 0 Å². The largest absolute Gasteiger partial charge is 0.369 e. The average molecular weight is 104 g/mol. The third-order valence-corrected chi connectivity index (χ3v) is 0.741. The Hall–Kier alpha value is -0.310. The molecule has 2 N–H and O–H groups in total. The number of hydrogen-bond donors (Lipinski definition) is 2. The number of rotatable bonds is 2. The van der Waals surface area contributed by atoms with Crippen LogP contribution in [0.25, 0.3) is 0 Å². The first kappa shape index (κ1) is 5.69. The number of carbonyl (C=O) groups excluding carboxylic acids is 1. The molecule has 0 bridgehead atoms. The minimum Gasteiger partial charge on any atom is -0.369 e. The van der Waals surface area contributed by atoms with Crippen LogP contribution in [0.1, 0.15) is 0 Å². The smallest absolute Gasteiger partial charge is 0.226 e. The third-order valence-electron chi connectivity index (χ3n) is 0.247. The monoisotopic (exact) mass is 104 g/mol. The second-order valence-electron chi connectivity index (χ2n) is 0.807. The molecule has 35 valence electrons. The molecule has 1 amide bonds. The highest BCUT2D eigenvalue weighted by atomic mass is 32.1. The van der Waals surface area contributed by atoms with Crippen molar-refractivity contribution in [2.45, 2.75) is 0 Å². The van der Waals surface area contributed by atoms with Crippen LogP contribution < -0.4 is 5.73 Å². The highest BCUT2D eigenvalue weighted by Crippen LogP contribution is 1.73. The summed E-state index contributed by atoms with van der Waals surface area (Å²) in [4.78, 5) is 9.73. The minimum absolute atomic E-state index is 0.264. The number of amides is 1. The van der Waals surface area contributed by atoms with Crippen molar-refractivity contribution in [3.63, 3.8) is 0 Å². The van der Waals surface area contributed by atoms with E-state index in [2.05, 4.69) is 5.73 Å². The van der Waals surface area contributed by atoms with E-state index in [0.29, 0.717) is 11.4 Å². The molecule has 6 heavy (non-hydrogen) atoms. The number of primary amides is 1. The molecule has 0 aromatic rings. The number of carbonyl (C=O) groups is 1. The SMILES string of the molecule is [CH]=[SH]CC(N)=O. The first-order chi connectivity index (χ1) is 2.77. The van der Waals surface area contributed by atoms with Gasteiger partial charge in [0, 0.05) is 0 Å². The Morgan fingerprint density at radius 3 is 2.50 bits per heavy atom. The Balaban J connectivity index is 3.05. The van der Waals surface area contributed by atoms with Crippen LogP contribution in [0.15, 0.2) is 0 Å². The zero-order valence-corrected chi connectivity index (χ0v) is 4.11. The first-order valence-corrected chi connectivity index (χ1v) is 2.57. The van der Waals surface area contributed by atoms with Gasteiger partial charge in [0.05, 0.1) is 5.75 Å². The molecule has 0 aromatic carbocycles. The summed E-state index contributed by atoms with van der Waals surface area (Å²) in [5.74, 6) is 4.82. The maximum atomic E-state index is 9.73. The molecule has 0 rings (SSSR count). The molecule has 0 fully saturated rings. The molecule has 0 aliphatic heterocycles. The van der Waals surface area contributed by atoms with E-state index in [0.717, 1.165) is 0 Å². The summed E-state index contributed by atoms with van der Waals surface area (Å²) in [5, 5.41) is 0. The first-order valence-electron chi connectivity index (χ1n) is 1.42. The third kappa shape index (κ3) is 3.69. The molecule has 1 radical (unpaired) electrons. The number of hydrogen-bond acceptors (Lipinski definition) is 1. The molecular weight excluding hydrogens is 98.1 g/mol. The zero-order chi connectivity index (χ0) is 4.99. The molecule has 0 aliphatic carbocycles.